The highest BCUT2D eigenvalue weighted by Crippen LogP contribution is 2.22. The lowest BCUT2D eigenvalue weighted by atomic mass is 9.97. The van der Waals surface area contributed by atoms with E-state index in [0.717, 1.165) is 18.1 Å². The van der Waals surface area contributed by atoms with Gasteiger partial charge in [0, 0.05) is 11.8 Å². The Kier molecular flexibility index (Phi) is 2.82. The molecule has 2 aromatic rings. The van der Waals surface area contributed by atoms with Crippen LogP contribution in [0, 0.1) is 0 Å². The highest BCUT2D eigenvalue weighted by atomic mass is 16.4. The van der Waals surface area contributed by atoms with Gasteiger partial charge in [0.05, 0.1) is 6.20 Å². The summed E-state index contributed by atoms with van der Waals surface area (Å²) in [6.07, 6.45) is 2.64. The molecule has 0 bridgehead atoms. The molecule has 0 aliphatic heterocycles. The Bertz CT molecular complexity index is 451. The van der Waals surface area contributed by atoms with E-state index < -0.39 is 0 Å². The molecule has 0 aliphatic carbocycles. The van der Waals surface area contributed by atoms with Gasteiger partial charge in [-0.1, -0.05) is 51.1 Å². The fraction of sp³-hybridized carbons (Fsp3) is 0.357. The van der Waals surface area contributed by atoms with Crippen LogP contribution in [0.1, 0.15) is 38.0 Å². The highest BCUT2D eigenvalue weighted by Gasteiger charge is 2.19. The quantitative estimate of drug-likeness (QED) is 0.765. The van der Waals surface area contributed by atoms with Gasteiger partial charge in [-0.05, 0) is 5.56 Å². The summed E-state index contributed by atoms with van der Waals surface area (Å²) in [4.78, 5) is 4.32. The maximum absolute atomic E-state index is 5.74. The fourth-order valence-electron chi connectivity index (χ4n) is 1.53. The molecule has 2 heteroatoms. The van der Waals surface area contributed by atoms with E-state index in [4.69, 9.17) is 4.42 Å². The molecular formula is C14H17NO. The second-order valence-corrected chi connectivity index (χ2v) is 5.04. The van der Waals surface area contributed by atoms with Crippen LogP contribution in [0.5, 0.6) is 0 Å². The molecule has 2 nitrogen and oxygen atoms in total. The summed E-state index contributed by atoms with van der Waals surface area (Å²) in [5, 5.41) is 0. The number of nitrogens with zero attached hydrogens (tertiary/aromatic N) is 1. The lowest BCUT2D eigenvalue weighted by Crippen LogP contribution is -2.10. The molecule has 0 saturated carbocycles. The van der Waals surface area contributed by atoms with Crippen molar-refractivity contribution in [2.75, 3.05) is 0 Å². The standard InChI is InChI=1S/C14H17NO/c1-14(2,3)13-15-10-12(16-13)9-11-7-5-4-6-8-11/h4-8,10H,9H2,1-3H3. The van der Waals surface area contributed by atoms with E-state index in [2.05, 4.69) is 37.9 Å². The average molecular weight is 215 g/mol. The van der Waals surface area contributed by atoms with Gasteiger partial charge in [0.1, 0.15) is 5.76 Å². The Morgan fingerprint density at radius 3 is 2.38 bits per heavy atom. The average Bonchev–Trinajstić information content (AvgIpc) is 2.67. The third-order valence-electron chi connectivity index (χ3n) is 2.42. The first-order valence-corrected chi connectivity index (χ1v) is 5.55. The second kappa shape index (κ2) is 4.12. The molecule has 0 atom stereocenters. The van der Waals surface area contributed by atoms with Crippen molar-refractivity contribution in [3.05, 3.63) is 53.7 Å². The van der Waals surface area contributed by atoms with E-state index in [9.17, 15) is 0 Å². The highest BCUT2D eigenvalue weighted by molar-refractivity contribution is 5.19. The molecule has 0 radical (unpaired) electrons. The van der Waals surface area contributed by atoms with E-state index in [1.807, 2.05) is 24.4 Å². The van der Waals surface area contributed by atoms with Crippen molar-refractivity contribution in [3.8, 4) is 0 Å². The van der Waals surface area contributed by atoms with E-state index in [1.165, 1.54) is 5.56 Å². The lowest BCUT2D eigenvalue weighted by Gasteiger charge is -2.12. The van der Waals surface area contributed by atoms with Crippen LogP contribution in [0.2, 0.25) is 0 Å². The first kappa shape index (κ1) is 10.9. The molecule has 0 spiro atoms. The zero-order chi connectivity index (χ0) is 11.6. The van der Waals surface area contributed by atoms with E-state index in [0.29, 0.717) is 0 Å². The number of aromatic nitrogens is 1. The van der Waals surface area contributed by atoms with E-state index >= 15 is 0 Å². The van der Waals surface area contributed by atoms with Crippen molar-refractivity contribution < 1.29 is 4.42 Å². The molecule has 0 aliphatic rings. The van der Waals surface area contributed by atoms with Crippen LogP contribution in [0.3, 0.4) is 0 Å². The molecule has 84 valence electrons. The van der Waals surface area contributed by atoms with Crippen molar-refractivity contribution >= 4 is 0 Å². The van der Waals surface area contributed by atoms with Crippen LogP contribution < -0.4 is 0 Å². The number of benzene rings is 1. The number of hydrogen-bond acceptors (Lipinski definition) is 2. The third-order valence-corrected chi connectivity index (χ3v) is 2.42. The van der Waals surface area contributed by atoms with Gasteiger partial charge in [0.15, 0.2) is 5.89 Å². The monoisotopic (exact) mass is 215 g/mol. The van der Waals surface area contributed by atoms with Gasteiger partial charge in [-0.25, -0.2) is 4.98 Å². The minimum absolute atomic E-state index is 0.0189. The summed E-state index contributed by atoms with van der Waals surface area (Å²) in [6.45, 7) is 6.31. The fourth-order valence-corrected chi connectivity index (χ4v) is 1.53. The number of hydrogen-bond donors (Lipinski definition) is 0. The Balaban J connectivity index is 2.15. The first-order chi connectivity index (χ1) is 7.55. The molecular weight excluding hydrogens is 198 g/mol. The van der Waals surface area contributed by atoms with Gasteiger partial charge in [-0.15, -0.1) is 0 Å². The van der Waals surface area contributed by atoms with Crippen LogP contribution >= 0.6 is 0 Å². The number of rotatable bonds is 2. The normalized spacial score (nSPS) is 11.7. The van der Waals surface area contributed by atoms with Crippen LogP contribution in [0.15, 0.2) is 40.9 Å². The molecule has 2 rings (SSSR count). The predicted molar refractivity (Wildman–Crippen MR) is 64.5 cm³/mol. The van der Waals surface area contributed by atoms with Gasteiger partial charge < -0.3 is 4.42 Å². The van der Waals surface area contributed by atoms with Gasteiger partial charge in [-0.2, -0.15) is 0 Å². The molecule has 0 unspecified atom stereocenters. The Labute approximate surface area is 96.3 Å². The van der Waals surface area contributed by atoms with Gasteiger partial charge in [0.2, 0.25) is 0 Å². The molecule has 0 saturated heterocycles. The van der Waals surface area contributed by atoms with Crippen LogP contribution in [0.4, 0.5) is 0 Å². The smallest absolute Gasteiger partial charge is 0.199 e. The largest absolute Gasteiger partial charge is 0.445 e. The summed E-state index contributed by atoms with van der Waals surface area (Å²) in [5.41, 5.74) is 1.23. The Hall–Kier alpha value is -1.57. The van der Waals surface area contributed by atoms with Crippen LogP contribution in [-0.4, -0.2) is 4.98 Å². The van der Waals surface area contributed by atoms with Gasteiger partial charge in [-0.3, -0.25) is 0 Å². The van der Waals surface area contributed by atoms with Crippen LogP contribution in [-0.2, 0) is 11.8 Å². The maximum atomic E-state index is 5.74. The maximum Gasteiger partial charge on any atom is 0.199 e. The zero-order valence-electron chi connectivity index (χ0n) is 10.0. The molecule has 0 fully saturated rings. The van der Waals surface area contributed by atoms with Crippen molar-refractivity contribution in [1.29, 1.82) is 0 Å². The minimum atomic E-state index is -0.0189. The van der Waals surface area contributed by atoms with Gasteiger partial charge in [0.25, 0.3) is 0 Å². The summed E-state index contributed by atoms with van der Waals surface area (Å²) in [6, 6.07) is 10.3. The Morgan fingerprint density at radius 2 is 1.81 bits per heavy atom. The first-order valence-electron chi connectivity index (χ1n) is 5.55. The summed E-state index contributed by atoms with van der Waals surface area (Å²) in [7, 11) is 0. The zero-order valence-corrected chi connectivity index (χ0v) is 10.0. The molecule has 1 aromatic carbocycles. The summed E-state index contributed by atoms with van der Waals surface area (Å²) < 4.78 is 5.74. The van der Waals surface area contributed by atoms with Crippen LogP contribution in [0.25, 0.3) is 0 Å². The van der Waals surface area contributed by atoms with Crippen molar-refractivity contribution in [1.82, 2.24) is 4.98 Å². The third kappa shape index (κ3) is 2.51. The van der Waals surface area contributed by atoms with Crippen molar-refractivity contribution in [3.63, 3.8) is 0 Å². The van der Waals surface area contributed by atoms with E-state index in [-0.39, 0.29) is 5.41 Å². The summed E-state index contributed by atoms with van der Waals surface area (Å²) >= 11 is 0. The molecule has 0 N–H and O–H groups in total. The molecule has 16 heavy (non-hydrogen) atoms. The Morgan fingerprint density at radius 1 is 1.12 bits per heavy atom. The summed E-state index contributed by atoms with van der Waals surface area (Å²) in [5.74, 6) is 1.73. The topological polar surface area (TPSA) is 26.0 Å². The predicted octanol–water partition coefficient (Wildman–Crippen LogP) is 3.56. The van der Waals surface area contributed by atoms with Crippen molar-refractivity contribution in [2.45, 2.75) is 32.6 Å². The molecule has 1 aromatic heterocycles. The second-order valence-electron chi connectivity index (χ2n) is 5.04. The number of oxazole rings is 1. The molecule has 0 amide bonds. The van der Waals surface area contributed by atoms with E-state index in [1.54, 1.807) is 0 Å². The van der Waals surface area contributed by atoms with Gasteiger partial charge >= 0.3 is 0 Å². The minimum Gasteiger partial charge on any atom is -0.445 e. The van der Waals surface area contributed by atoms with Crippen molar-refractivity contribution in [2.24, 2.45) is 0 Å². The molecule has 1 heterocycles. The SMILES string of the molecule is CC(C)(C)c1ncc(Cc2ccccc2)o1. The lowest BCUT2D eigenvalue weighted by molar-refractivity contribution is 0.376.